The van der Waals surface area contributed by atoms with E-state index in [1.807, 2.05) is 0 Å². The maximum Gasteiger partial charge on any atom is 0.501 e. The predicted octanol–water partition coefficient (Wildman–Crippen LogP) is 7.40. The molecule has 0 atom stereocenters. The first-order valence-corrected chi connectivity index (χ1v) is 14.2. The summed E-state index contributed by atoms with van der Waals surface area (Å²) in [5, 5.41) is 0. The van der Waals surface area contributed by atoms with Gasteiger partial charge >= 0.3 is 11.0 Å². The van der Waals surface area contributed by atoms with Crippen molar-refractivity contribution < 1.29 is 43.2 Å². The SMILES string of the molecule is O=S(=O)(c1ccc(-c2ccc(-c3ccc(-c4ccc(S(=O)(=O)C(F)(F)F)cc4)s3)s2)cc1)C(F)(F)F. The zero-order valence-electron chi connectivity index (χ0n) is 17.5. The van der Waals surface area contributed by atoms with E-state index in [0.717, 1.165) is 34.0 Å². The monoisotopic (exact) mass is 582 g/mol. The van der Waals surface area contributed by atoms with E-state index >= 15 is 0 Å². The molecular weight excluding hydrogens is 570 g/mol. The summed E-state index contributed by atoms with van der Waals surface area (Å²) in [6.07, 6.45) is 0. The molecule has 0 aliphatic carbocycles. The van der Waals surface area contributed by atoms with Gasteiger partial charge in [0.25, 0.3) is 19.7 Å². The second-order valence-corrected chi connectivity index (χ2v) is 13.3. The summed E-state index contributed by atoms with van der Waals surface area (Å²) in [5.41, 5.74) is -9.75. The van der Waals surface area contributed by atoms with Crippen LogP contribution in [0.4, 0.5) is 26.3 Å². The van der Waals surface area contributed by atoms with Gasteiger partial charge in [-0.2, -0.15) is 26.3 Å². The van der Waals surface area contributed by atoms with E-state index in [9.17, 15) is 43.2 Å². The molecule has 4 aromatic rings. The average molecular weight is 583 g/mol. The highest BCUT2D eigenvalue weighted by molar-refractivity contribution is 7.92. The number of hydrogen-bond donors (Lipinski definition) is 0. The van der Waals surface area contributed by atoms with Crippen LogP contribution in [0.3, 0.4) is 0 Å². The molecule has 0 saturated carbocycles. The lowest BCUT2D eigenvalue weighted by molar-refractivity contribution is -0.0442. The highest BCUT2D eigenvalue weighted by atomic mass is 32.2. The summed E-state index contributed by atoms with van der Waals surface area (Å²) in [4.78, 5) is 1.24. The van der Waals surface area contributed by atoms with Crippen molar-refractivity contribution in [3.63, 3.8) is 0 Å². The molecule has 0 spiro atoms. The molecule has 0 N–H and O–H groups in total. The van der Waals surface area contributed by atoms with Crippen molar-refractivity contribution in [3.05, 3.63) is 72.8 Å². The van der Waals surface area contributed by atoms with Crippen LogP contribution in [0.2, 0.25) is 0 Å². The van der Waals surface area contributed by atoms with Crippen molar-refractivity contribution in [2.45, 2.75) is 20.8 Å². The number of alkyl halides is 6. The van der Waals surface area contributed by atoms with Crippen LogP contribution in [0.5, 0.6) is 0 Å². The molecule has 2 heterocycles. The third-order valence-corrected chi connectivity index (χ3v) is 10.4. The second kappa shape index (κ2) is 9.01. The van der Waals surface area contributed by atoms with Crippen molar-refractivity contribution in [1.29, 1.82) is 0 Å². The topological polar surface area (TPSA) is 68.3 Å². The van der Waals surface area contributed by atoms with Crippen LogP contribution in [-0.2, 0) is 19.7 Å². The summed E-state index contributed by atoms with van der Waals surface area (Å²) < 4.78 is 122. The molecule has 2 aromatic carbocycles. The highest BCUT2D eigenvalue weighted by Gasteiger charge is 2.47. The van der Waals surface area contributed by atoms with Crippen molar-refractivity contribution >= 4 is 42.3 Å². The zero-order chi connectivity index (χ0) is 26.5. The molecular formula is C22H12F6O4S4. The van der Waals surface area contributed by atoms with Gasteiger partial charge in [-0.15, -0.1) is 22.7 Å². The normalized spacial score (nSPS) is 13.2. The second-order valence-electron chi connectivity index (χ2n) is 7.27. The standard InChI is InChI=1S/C22H12F6O4S4/c23-21(24,25)35(29,30)15-5-1-13(2-6-15)17-9-11-19(33-17)20-12-10-18(34-20)14-3-7-16(8-4-14)36(31,32)22(26,27)28/h1-12H. The minimum Gasteiger partial charge on any atom is -0.214 e. The van der Waals surface area contributed by atoms with Crippen molar-refractivity contribution in [2.24, 2.45) is 0 Å². The Morgan fingerprint density at radius 1 is 0.444 bits per heavy atom. The van der Waals surface area contributed by atoms with Crippen LogP contribution in [0.15, 0.2) is 82.6 Å². The molecule has 4 nitrogen and oxygen atoms in total. The van der Waals surface area contributed by atoms with Gasteiger partial charge in [0, 0.05) is 19.5 Å². The van der Waals surface area contributed by atoms with Crippen LogP contribution >= 0.6 is 22.7 Å². The lowest BCUT2D eigenvalue weighted by Crippen LogP contribution is -2.23. The summed E-state index contributed by atoms with van der Waals surface area (Å²) in [6, 6.07) is 15.7. The lowest BCUT2D eigenvalue weighted by atomic mass is 10.2. The van der Waals surface area contributed by atoms with E-state index in [-0.39, 0.29) is 0 Å². The Labute approximate surface area is 209 Å². The Morgan fingerprint density at radius 3 is 1.00 bits per heavy atom. The van der Waals surface area contributed by atoms with Crippen LogP contribution in [0.25, 0.3) is 30.6 Å². The average Bonchev–Trinajstić information content (AvgIpc) is 3.48. The van der Waals surface area contributed by atoms with Crippen LogP contribution in [-0.4, -0.2) is 27.9 Å². The Morgan fingerprint density at radius 2 is 0.722 bits per heavy atom. The van der Waals surface area contributed by atoms with E-state index < -0.39 is 40.5 Å². The fraction of sp³-hybridized carbons (Fsp3) is 0.0909. The number of hydrogen-bond acceptors (Lipinski definition) is 6. The molecule has 0 aliphatic heterocycles. The van der Waals surface area contributed by atoms with E-state index in [4.69, 9.17) is 0 Å². The molecule has 2 aromatic heterocycles. The number of halogens is 6. The Hall–Kier alpha value is -2.68. The molecule has 0 aliphatic rings. The Bertz CT molecular complexity index is 1490. The van der Waals surface area contributed by atoms with Gasteiger partial charge in [-0.05, 0) is 59.7 Å². The molecule has 0 bridgehead atoms. The van der Waals surface area contributed by atoms with Crippen molar-refractivity contribution in [3.8, 4) is 30.6 Å². The van der Waals surface area contributed by atoms with Gasteiger partial charge in [-0.1, -0.05) is 24.3 Å². The Kier molecular flexibility index (Phi) is 6.60. The quantitative estimate of drug-likeness (QED) is 0.230. The number of rotatable bonds is 5. The van der Waals surface area contributed by atoms with Crippen LogP contribution in [0, 0.1) is 0 Å². The van der Waals surface area contributed by atoms with Crippen LogP contribution < -0.4 is 0 Å². The van der Waals surface area contributed by atoms with E-state index in [0.29, 0.717) is 20.9 Å². The number of benzene rings is 2. The fourth-order valence-corrected chi connectivity index (χ4v) is 6.75. The van der Waals surface area contributed by atoms with E-state index in [2.05, 4.69) is 0 Å². The summed E-state index contributed by atoms with van der Waals surface area (Å²) in [7, 11) is -10.9. The fourth-order valence-electron chi connectivity index (χ4n) is 3.11. The summed E-state index contributed by atoms with van der Waals surface area (Å²) in [5.74, 6) is 0. The predicted molar refractivity (Wildman–Crippen MR) is 125 cm³/mol. The van der Waals surface area contributed by atoms with Gasteiger partial charge in [0.1, 0.15) is 0 Å². The van der Waals surface area contributed by atoms with Crippen molar-refractivity contribution in [1.82, 2.24) is 0 Å². The minimum atomic E-state index is -5.44. The lowest BCUT2D eigenvalue weighted by Gasteiger charge is -2.08. The van der Waals surface area contributed by atoms with Gasteiger partial charge in [-0.3, -0.25) is 0 Å². The molecule has 4 rings (SSSR count). The van der Waals surface area contributed by atoms with Gasteiger partial charge in [0.2, 0.25) is 0 Å². The van der Waals surface area contributed by atoms with Gasteiger partial charge in [0.05, 0.1) is 9.79 Å². The number of thiophene rings is 2. The zero-order valence-corrected chi connectivity index (χ0v) is 20.7. The van der Waals surface area contributed by atoms with Gasteiger partial charge in [-0.25, -0.2) is 16.8 Å². The smallest absolute Gasteiger partial charge is 0.214 e. The first-order valence-electron chi connectivity index (χ1n) is 9.65. The third-order valence-electron chi connectivity index (χ3n) is 4.96. The molecule has 14 heteroatoms. The van der Waals surface area contributed by atoms with Gasteiger partial charge < -0.3 is 0 Å². The molecule has 0 fully saturated rings. The van der Waals surface area contributed by atoms with Crippen molar-refractivity contribution in [2.75, 3.05) is 0 Å². The minimum absolute atomic E-state index is 0.519. The third kappa shape index (κ3) is 4.82. The summed E-state index contributed by atoms with van der Waals surface area (Å²) in [6.45, 7) is 0. The van der Waals surface area contributed by atoms with Gasteiger partial charge in [0.15, 0.2) is 0 Å². The molecule has 0 unspecified atom stereocenters. The van der Waals surface area contributed by atoms with E-state index in [1.165, 1.54) is 46.9 Å². The van der Waals surface area contributed by atoms with Crippen LogP contribution in [0.1, 0.15) is 0 Å². The number of sulfone groups is 2. The maximum atomic E-state index is 12.7. The first-order chi connectivity index (χ1) is 16.6. The largest absolute Gasteiger partial charge is 0.501 e. The molecule has 0 amide bonds. The molecule has 36 heavy (non-hydrogen) atoms. The Balaban J connectivity index is 1.56. The van der Waals surface area contributed by atoms with E-state index in [1.54, 1.807) is 24.3 Å². The summed E-state index contributed by atoms with van der Waals surface area (Å²) >= 11 is 2.62. The molecule has 0 saturated heterocycles. The molecule has 0 radical (unpaired) electrons. The first kappa shape index (κ1) is 26.4. The maximum absolute atomic E-state index is 12.7. The molecule has 190 valence electrons. The highest BCUT2D eigenvalue weighted by Crippen LogP contribution is 2.41.